The first kappa shape index (κ1) is 12.4. The van der Waals surface area contributed by atoms with Gasteiger partial charge in [0.15, 0.2) is 0 Å². The molecule has 2 rings (SSSR count). The fourth-order valence-electron chi connectivity index (χ4n) is 1.94. The number of nitrogens with zero attached hydrogens (tertiary/aromatic N) is 1. The minimum Gasteiger partial charge on any atom is -0.481 e. The Morgan fingerprint density at radius 2 is 2.06 bits per heavy atom. The van der Waals surface area contributed by atoms with Crippen LogP contribution in [-0.4, -0.2) is 12.1 Å². The molecule has 1 N–H and O–H groups in total. The molecule has 0 spiro atoms. The van der Waals surface area contributed by atoms with E-state index < -0.39 is 0 Å². The summed E-state index contributed by atoms with van der Waals surface area (Å²) in [6.45, 7) is 4.91. The largest absolute Gasteiger partial charge is 0.481 e. The van der Waals surface area contributed by atoms with E-state index in [4.69, 9.17) is 4.74 Å². The SMILES string of the molecule is COc1ncccc1CNc1ccc(C)cc1C. The normalized spacial score (nSPS) is 10.2. The number of nitrogens with one attached hydrogen (secondary N) is 1. The van der Waals surface area contributed by atoms with Crippen molar-refractivity contribution in [1.82, 2.24) is 4.98 Å². The average molecular weight is 242 g/mol. The number of anilines is 1. The maximum Gasteiger partial charge on any atom is 0.218 e. The Morgan fingerprint density at radius 1 is 1.22 bits per heavy atom. The first-order valence-corrected chi connectivity index (χ1v) is 5.99. The van der Waals surface area contributed by atoms with Crippen molar-refractivity contribution in [3.05, 3.63) is 53.2 Å². The van der Waals surface area contributed by atoms with Crippen LogP contribution in [0.2, 0.25) is 0 Å². The molecule has 1 aromatic carbocycles. The lowest BCUT2D eigenvalue weighted by molar-refractivity contribution is 0.393. The van der Waals surface area contributed by atoms with Crippen molar-refractivity contribution in [3.63, 3.8) is 0 Å². The topological polar surface area (TPSA) is 34.1 Å². The van der Waals surface area contributed by atoms with Crippen molar-refractivity contribution in [1.29, 1.82) is 0 Å². The molecule has 0 aliphatic heterocycles. The summed E-state index contributed by atoms with van der Waals surface area (Å²) in [5.41, 5.74) is 4.72. The smallest absolute Gasteiger partial charge is 0.218 e. The molecular formula is C15H18N2O. The lowest BCUT2D eigenvalue weighted by Crippen LogP contribution is -2.03. The number of benzene rings is 1. The van der Waals surface area contributed by atoms with E-state index >= 15 is 0 Å². The molecule has 0 unspecified atom stereocenters. The number of hydrogen-bond donors (Lipinski definition) is 1. The highest BCUT2D eigenvalue weighted by Gasteiger charge is 2.04. The standard InChI is InChI=1S/C15H18N2O/c1-11-6-7-14(12(2)9-11)17-10-13-5-4-8-16-15(13)18-3/h4-9,17H,10H2,1-3H3. The van der Waals surface area contributed by atoms with Crippen LogP contribution in [0, 0.1) is 13.8 Å². The molecule has 3 nitrogen and oxygen atoms in total. The Kier molecular flexibility index (Phi) is 3.82. The summed E-state index contributed by atoms with van der Waals surface area (Å²) in [6.07, 6.45) is 1.74. The van der Waals surface area contributed by atoms with Gasteiger partial charge in [-0.2, -0.15) is 0 Å². The van der Waals surface area contributed by atoms with Gasteiger partial charge in [0.05, 0.1) is 7.11 Å². The highest BCUT2D eigenvalue weighted by molar-refractivity contribution is 5.52. The molecule has 2 aromatic rings. The van der Waals surface area contributed by atoms with Gasteiger partial charge in [-0.25, -0.2) is 4.98 Å². The van der Waals surface area contributed by atoms with E-state index in [9.17, 15) is 0 Å². The Balaban J connectivity index is 2.11. The van der Waals surface area contributed by atoms with Crippen LogP contribution in [0.3, 0.4) is 0 Å². The van der Waals surface area contributed by atoms with Gasteiger partial charge in [0.25, 0.3) is 0 Å². The van der Waals surface area contributed by atoms with Crippen LogP contribution in [0.4, 0.5) is 5.69 Å². The summed E-state index contributed by atoms with van der Waals surface area (Å²) in [5, 5.41) is 3.41. The van der Waals surface area contributed by atoms with Crippen molar-refractivity contribution < 1.29 is 4.74 Å². The van der Waals surface area contributed by atoms with E-state index in [0.717, 1.165) is 11.3 Å². The lowest BCUT2D eigenvalue weighted by Gasteiger charge is -2.12. The molecule has 0 amide bonds. The first-order chi connectivity index (χ1) is 8.70. The number of aromatic nitrogens is 1. The average Bonchev–Trinajstić information content (AvgIpc) is 2.38. The van der Waals surface area contributed by atoms with Crippen LogP contribution in [0.25, 0.3) is 0 Å². The molecule has 0 aliphatic rings. The second-order valence-corrected chi connectivity index (χ2v) is 4.34. The molecule has 0 saturated heterocycles. The van der Waals surface area contributed by atoms with E-state index in [1.54, 1.807) is 13.3 Å². The zero-order valence-corrected chi connectivity index (χ0v) is 11.0. The molecule has 1 aromatic heterocycles. The van der Waals surface area contributed by atoms with Gasteiger partial charge in [-0.15, -0.1) is 0 Å². The van der Waals surface area contributed by atoms with E-state index in [2.05, 4.69) is 42.3 Å². The maximum absolute atomic E-state index is 5.23. The molecule has 0 fully saturated rings. The summed E-state index contributed by atoms with van der Waals surface area (Å²) in [4.78, 5) is 4.18. The quantitative estimate of drug-likeness (QED) is 0.893. The molecule has 18 heavy (non-hydrogen) atoms. The second kappa shape index (κ2) is 5.54. The summed E-state index contributed by atoms with van der Waals surface area (Å²) >= 11 is 0. The third-order valence-corrected chi connectivity index (χ3v) is 2.89. The van der Waals surface area contributed by atoms with Gasteiger partial charge in [-0.3, -0.25) is 0 Å². The summed E-state index contributed by atoms with van der Waals surface area (Å²) in [7, 11) is 1.64. The van der Waals surface area contributed by atoms with Crippen LogP contribution in [0.15, 0.2) is 36.5 Å². The van der Waals surface area contributed by atoms with Crippen molar-refractivity contribution >= 4 is 5.69 Å². The van der Waals surface area contributed by atoms with Gasteiger partial charge in [0, 0.05) is 24.0 Å². The predicted molar refractivity (Wildman–Crippen MR) is 74.0 cm³/mol. The zero-order valence-electron chi connectivity index (χ0n) is 11.0. The first-order valence-electron chi connectivity index (χ1n) is 5.99. The van der Waals surface area contributed by atoms with Crippen molar-refractivity contribution in [3.8, 4) is 5.88 Å². The van der Waals surface area contributed by atoms with Gasteiger partial charge in [0.1, 0.15) is 0 Å². The van der Waals surface area contributed by atoms with Gasteiger partial charge in [0.2, 0.25) is 5.88 Å². The van der Waals surface area contributed by atoms with Crippen LogP contribution >= 0.6 is 0 Å². The highest BCUT2D eigenvalue weighted by atomic mass is 16.5. The number of pyridine rings is 1. The minimum atomic E-state index is 0.676. The van der Waals surface area contributed by atoms with Crippen LogP contribution in [0.1, 0.15) is 16.7 Å². The Labute approximate surface area is 108 Å². The molecule has 1 heterocycles. The van der Waals surface area contributed by atoms with E-state index in [1.807, 2.05) is 12.1 Å². The molecule has 94 valence electrons. The van der Waals surface area contributed by atoms with Gasteiger partial charge in [-0.1, -0.05) is 23.8 Å². The summed E-state index contributed by atoms with van der Waals surface area (Å²) in [6, 6.07) is 10.3. The van der Waals surface area contributed by atoms with E-state index in [-0.39, 0.29) is 0 Å². The molecular weight excluding hydrogens is 224 g/mol. The fraction of sp³-hybridized carbons (Fsp3) is 0.267. The molecule has 0 bridgehead atoms. The molecule has 0 radical (unpaired) electrons. The monoisotopic (exact) mass is 242 g/mol. The van der Waals surface area contributed by atoms with Crippen LogP contribution in [0.5, 0.6) is 5.88 Å². The van der Waals surface area contributed by atoms with E-state index in [1.165, 1.54) is 11.1 Å². The van der Waals surface area contributed by atoms with Crippen molar-refractivity contribution in [2.24, 2.45) is 0 Å². The lowest BCUT2D eigenvalue weighted by atomic mass is 10.1. The zero-order chi connectivity index (χ0) is 13.0. The van der Waals surface area contributed by atoms with Crippen LogP contribution in [-0.2, 0) is 6.54 Å². The molecule has 0 aliphatic carbocycles. The molecule has 3 heteroatoms. The highest BCUT2D eigenvalue weighted by Crippen LogP contribution is 2.19. The maximum atomic E-state index is 5.23. The van der Waals surface area contributed by atoms with Crippen molar-refractivity contribution in [2.75, 3.05) is 12.4 Å². The Bertz CT molecular complexity index is 538. The molecule has 0 saturated carbocycles. The van der Waals surface area contributed by atoms with E-state index in [0.29, 0.717) is 12.4 Å². The number of aryl methyl sites for hydroxylation is 2. The van der Waals surface area contributed by atoms with Crippen LogP contribution < -0.4 is 10.1 Å². The van der Waals surface area contributed by atoms with Gasteiger partial charge in [-0.05, 0) is 31.5 Å². The predicted octanol–water partition coefficient (Wildman–Crippen LogP) is 3.32. The summed E-state index contributed by atoms with van der Waals surface area (Å²) in [5.74, 6) is 0.676. The summed E-state index contributed by atoms with van der Waals surface area (Å²) < 4.78 is 5.23. The number of ether oxygens (including phenoxy) is 1. The Hall–Kier alpha value is -2.03. The number of methoxy groups -OCH3 is 1. The van der Waals surface area contributed by atoms with Gasteiger partial charge < -0.3 is 10.1 Å². The minimum absolute atomic E-state index is 0.676. The van der Waals surface area contributed by atoms with Gasteiger partial charge >= 0.3 is 0 Å². The Morgan fingerprint density at radius 3 is 2.78 bits per heavy atom. The number of rotatable bonds is 4. The second-order valence-electron chi connectivity index (χ2n) is 4.34. The third-order valence-electron chi connectivity index (χ3n) is 2.89. The third kappa shape index (κ3) is 2.80. The number of hydrogen-bond acceptors (Lipinski definition) is 3. The van der Waals surface area contributed by atoms with Crippen molar-refractivity contribution in [2.45, 2.75) is 20.4 Å². The molecule has 0 atom stereocenters. The fourth-order valence-corrected chi connectivity index (χ4v) is 1.94.